The number of hydrogen-bond donors (Lipinski definition) is 2. The minimum Gasteiger partial charge on any atom is -0.487 e. The summed E-state index contributed by atoms with van der Waals surface area (Å²) in [5.74, 6) is -1.44. The Balaban J connectivity index is 0.000000406. The van der Waals surface area contributed by atoms with E-state index in [0.717, 1.165) is 44.6 Å². The number of carbonyl (C=O) groups excluding carboxylic acids is 1. The molecule has 0 saturated carbocycles. The van der Waals surface area contributed by atoms with E-state index in [9.17, 15) is 18.0 Å². The molecule has 1 saturated heterocycles. The molecule has 1 aromatic heterocycles. The zero-order valence-corrected chi connectivity index (χ0v) is 20.0. The second-order valence-corrected chi connectivity index (χ2v) is 10.1. The molecule has 34 heavy (non-hydrogen) atoms. The number of aliphatic carboxylic acids is 1. The first-order valence-corrected chi connectivity index (χ1v) is 11.9. The summed E-state index contributed by atoms with van der Waals surface area (Å²) in [6, 6.07) is 12.7. The molecule has 6 nitrogen and oxygen atoms in total. The maximum absolute atomic E-state index is 12.1. The normalized spacial score (nSPS) is 19.4. The Labute approximate surface area is 200 Å². The predicted molar refractivity (Wildman–Crippen MR) is 123 cm³/mol. The standard InChI is InChI=1S/C22H28N2O2S.C2HF3O2/c1-16-7-8-18(27-16)15-24-11-9-22(10-12-24)14-17(13-21(25)23-2)19-5-3-4-6-20(19)26-22;3-2(4,5)1(6)7/h3-8,17H,9-15H2,1-2H3,(H,23,25);(H,6,7). The Bertz CT molecular complexity index is 1000. The number of thiophene rings is 1. The monoisotopic (exact) mass is 498 g/mol. The van der Waals surface area contributed by atoms with Crippen molar-refractivity contribution in [2.24, 2.45) is 0 Å². The molecule has 0 bridgehead atoms. The first-order valence-electron chi connectivity index (χ1n) is 11.1. The first-order chi connectivity index (χ1) is 16.0. The van der Waals surface area contributed by atoms with E-state index < -0.39 is 12.1 Å². The number of benzene rings is 1. The van der Waals surface area contributed by atoms with Crippen molar-refractivity contribution < 1.29 is 32.6 Å². The summed E-state index contributed by atoms with van der Waals surface area (Å²) in [6.07, 6.45) is -1.56. The van der Waals surface area contributed by atoms with Crippen LogP contribution in [0.25, 0.3) is 0 Å². The van der Waals surface area contributed by atoms with E-state index in [2.05, 4.69) is 41.4 Å². The molecule has 1 fully saturated rings. The molecule has 186 valence electrons. The van der Waals surface area contributed by atoms with Crippen LogP contribution in [0.2, 0.25) is 0 Å². The van der Waals surface area contributed by atoms with Gasteiger partial charge in [0, 0.05) is 48.8 Å². The number of para-hydroxylation sites is 1. The molecule has 10 heteroatoms. The second-order valence-electron chi connectivity index (χ2n) is 8.69. The van der Waals surface area contributed by atoms with Crippen LogP contribution in [-0.4, -0.2) is 53.8 Å². The van der Waals surface area contributed by atoms with E-state index in [1.165, 1.54) is 15.3 Å². The number of nitrogens with one attached hydrogen (secondary N) is 1. The van der Waals surface area contributed by atoms with Gasteiger partial charge in [-0.25, -0.2) is 4.79 Å². The molecule has 0 aliphatic carbocycles. The molecule has 4 rings (SSSR count). The van der Waals surface area contributed by atoms with Gasteiger partial charge in [-0.1, -0.05) is 18.2 Å². The molecular weight excluding hydrogens is 469 g/mol. The number of amides is 1. The smallest absolute Gasteiger partial charge is 0.487 e. The van der Waals surface area contributed by atoms with Crippen LogP contribution in [0.3, 0.4) is 0 Å². The van der Waals surface area contributed by atoms with Crippen molar-refractivity contribution >= 4 is 23.2 Å². The molecule has 0 radical (unpaired) electrons. The number of likely N-dealkylation sites (tertiary alicyclic amines) is 1. The highest BCUT2D eigenvalue weighted by Gasteiger charge is 2.43. The highest BCUT2D eigenvalue weighted by atomic mass is 32.1. The van der Waals surface area contributed by atoms with Crippen molar-refractivity contribution in [2.45, 2.75) is 56.8 Å². The van der Waals surface area contributed by atoms with Gasteiger partial charge in [-0.15, -0.1) is 11.3 Å². The van der Waals surface area contributed by atoms with Crippen molar-refractivity contribution in [1.29, 1.82) is 0 Å². The number of rotatable bonds is 4. The van der Waals surface area contributed by atoms with Crippen molar-refractivity contribution in [3.63, 3.8) is 0 Å². The number of carbonyl (C=O) groups is 2. The Morgan fingerprint density at radius 1 is 1.21 bits per heavy atom. The van der Waals surface area contributed by atoms with Crippen LogP contribution in [0.4, 0.5) is 13.2 Å². The minimum atomic E-state index is -5.08. The summed E-state index contributed by atoms with van der Waals surface area (Å²) in [4.78, 5) is 26.3. The van der Waals surface area contributed by atoms with E-state index in [-0.39, 0.29) is 17.4 Å². The van der Waals surface area contributed by atoms with Gasteiger partial charge in [-0.2, -0.15) is 13.2 Å². The Kier molecular flexibility index (Phi) is 8.25. The number of piperidine rings is 1. The van der Waals surface area contributed by atoms with Crippen molar-refractivity contribution in [3.05, 3.63) is 51.7 Å². The third-order valence-electron chi connectivity index (χ3n) is 6.20. The van der Waals surface area contributed by atoms with Gasteiger partial charge in [0.2, 0.25) is 5.91 Å². The summed E-state index contributed by atoms with van der Waals surface area (Å²) < 4.78 is 38.3. The van der Waals surface area contributed by atoms with Crippen LogP contribution in [0.5, 0.6) is 5.75 Å². The molecule has 1 amide bonds. The van der Waals surface area contributed by atoms with Crippen LogP contribution < -0.4 is 10.1 Å². The molecule has 2 aliphatic heterocycles. The van der Waals surface area contributed by atoms with E-state index in [1.54, 1.807) is 7.05 Å². The van der Waals surface area contributed by atoms with Crippen LogP contribution >= 0.6 is 11.3 Å². The quantitative estimate of drug-likeness (QED) is 0.638. The van der Waals surface area contributed by atoms with Crippen molar-refractivity contribution in [1.82, 2.24) is 10.2 Å². The van der Waals surface area contributed by atoms with Gasteiger partial charge >= 0.3 is 12.1 Å². The van der Waals surface area contributed by atoms with E-state index >= 15 is 0 Å². The summed E-state index contributed by atoms with van der Waals surface area (Å²) in [5.41, 5.74) is 1.05. The third kappa shape index (κ3) is 6.73. The lowest BCUT2D eigenvalue weighted by Crippen LogP contribution is -2.50. The number of nitrogens with zero attached hydrogens (tertiary/aromatic N) is 1. The minimum absolute atomic E-state index is 0.109. The molecule has 1 spiro atoms. The summed E-state index contributed by atoms with van der Waals surface area (Å²) in [6.45, 7) is 5.30. The fraction of sp³-hybridized carbons (Fsp3) is 0.500. The Hall–Kier alpha value is -2.59. The van der Waals surface area contributed by atoms with Crippen molar-refractivity contribution in [2.75, 3.05) is 20.1 Å². The first kappa shape index (κ1) is 26.0. The number of halogens is 3. The van der Waals surface area contributed by atoms with E-state index in [1.807, 2.05) is 23.5 Å². The topological polar surface area (TPSA) is 78.9 Å². The van der Waals surface area contributed by atoms with Gasteiger partial charge in [0.15, 0.2) is 0 Å². The number of carboxylic acids is 1. The number of alkyl halides is 3. The number of ether oxygens (including phenoxy) is 1. The Morgan fingerprint density at radius 2 is 1.85 bits per heavy atom. The van der Waals surface area contributed by atoms with Gasteiger partial charge in [0.1, 0.15) is 11.4 Å². The van der Waals surface area contributed by atoms with Gasteiger partial charge in [-0.05, 0) is 49.9 Å². The highest BCUT2D eigenvalue weighted by Crippen LogP contribution is 2.46. The molecule has 2 aromatic rings. The number of aryl methyl sites for hydroxylation is 1. The molecule has 1 unspecified atom stereocenters. The molecule has 1 aromatic carbocycles. The molecule has 1 atom stereocenters. The van der Waals surface area contributed by atoms with Crippen LogP contribution in [0.1, 0.15) is 46.9 Å². The fourth-order valence-electron chi connectivity index (χ4n) is 4.47. The number of carboxylic acid groups (broad SMARTS) is 1. The fourth-order valence-corrected chi connectivity index (χ4v) is 5.40. The maximum Gasteiger partial charge on any atom is 0.490 e. The average Bonchev–Trinajstić information content (AvgIpc) is 3.19. The summed E-state index contributed by atoms with van der Waals surface area (Å²) >= 11 is 1.89. The lowest BCUT2D eigenvalue weighted by atomic mass is 9.76. The summed E-state index contributed by atoms with van der Waals surface area (Å²) in [7, 11) is 1.72. The maximum atomic E-state index is 12.1. The number of hydrogen-bond acceptors (Lipinski definition) is 5. The average molecular weight is 499 g/mol. The molecular formula is C24H29F3N2O4S. The lowest BCUT2D eigenvalue weighted by molar-refractivity contribution is -0.192. The van der Waals surface area contributed by atoms with Crippen LogP contribution in [0.15, 0.2) is 36.4 Å². The lowest BCUT2D eigenvalue weighted by Gasteiger charge is -2.47. The SMILES string of the molecule is CNC(=O)CC1CC2(CCN(Cc3ccc(C)s3)CC2)Oc2ccccc21.O=C(O)C(F)(F)F. The second kappa shape index (κ2) is 10.8. The van der Waals surface area contributed by atoms with Crippen LogP contribution in [-0.2, 0) is 16.1 Å². The largest absolute Gasteiger partial charge is 0.490 e. The van der Waals surface area contributed by atoms with Gasteiger partial charge in [0.05, 0.1) is 0 Å². The molecule has 2 N–H and O–H groups in total. The van der Waals surface area contributed by atoms with Gasteiger partial charge in [0.25, 0.3) is 0 Å². The van der Waals surface area contributed by atoms with Crippen LogP contribution in [0, 0.1) is 6.92 Å². The van der Waals surface area contributed by atoms with E-state index in [4.69, 9.17) is 14.6 Å². The molecule has 3 heterocycles. The zero-order valence-electron chi connectivity index (χ0n) is 19.2. The summed E-state index contributed by atoms with van der Waals surface area (Å²) in [5, 5.41) is 9.91. The predicted octanol–water partition coefficient (Wildman–Crippen LogP) is 4.73. The third-order valence-corrected chi connectivity index (χ3v) is 7.19. The Morgan fingerprint density at radius 3 is 2.41 bits per heavy atom. The van der Waals surface area contributed by atoms with Gasteiger partial charge < -0.3 is 15.2 Å². The number of fused-ring (bicyclic) bond motifs is 1. The molecule has 2 aliphatic rings. The van der Waals surface area contributed by atoms with E-state index in [0.29, 0.717) is 6.42 Å². The van der Waals surface area contributed by atoms with Crippen molar-refractivity contribution in [3.8, 4) is 5.75 Å². The zero-order chi connectivity index (χ0) is 24.9. The van der Waals surface area contributed by atoms with Gasteiger partial charge in [-0.3, -0.25) is 9.69 Å². The highest BCUT2D eigenvalue weighted by molar-refractivity contribution is 7.11.